The molecule has 6 heteroatoms. The van der Waals surface area contributed by atoms with Crippen LogP contribution in [0.4, 0.5) is 0 Å². The fraction of sp³-hybridized carbons (Fsp3) is 0.423. The minimum absolute atomic E-state index is 0.0555. The number of carbonyl (C=O) groups excluding carboxylic acids is 1. The van der Waals surface area contributed by atoms with Gasteiger partial charge >= 0.3 is 0 Å². The number of amides is 1. The highest BCUT2D eigenvalue weighted by Crippen LogP contribution is 2.33. The van der Waals surface area contributed by atoms with Crippen LogP contribution in [0.3, 0.4) is 0 Å². The molecule has 2 aliphatic rings. The molecule has 1 fully saturated rings. The SMILES string of the molecule is Cc1cc2c(cc1Cc1ccc(-c3cn(C)nc3C)nc1)C(=O)N(C1CCCCC1O)C2. The number of rotatable bonds is 4. The Morgan fingerprint density at radius 2 is 1.94 bits per heavy atom. The zero-order chi connectivity index (χ0) is 22.4. The molecule has 2 unspecified atom stereocenters. The lowest BCUT2D eigenvalue weighted by Gasteiger charge is -2.35. The van der Waals surface area contributed by atoms with E-state index < -0.39 is 6.10 Å². The molecule has 2 atom stereocenters. The van der Waals surface area contributed by atoms with Crippen molar-refractivity contribution < 1.29 is 9.90 Å². The lowest BCUT2D eigenvalue weighted by molar-refractivity contribution is 0.0191. The average molecular weight is 431 g/mol. The van der Waals surface area contributed by atoms with Gasteiger partial charge in [0.2, 0.25) is 0 Å². The molecule has 32 heavy (non-hydrogen) atoms. The molecule has 0 saturated heterocycles. The first kappa shape index (κ1) is 20.9. The van der Waals surface area contributed by atoms with Crippen LogP contribution in [-0.2, 0) is 20.0 Å². The van der Waals surface area contributed by atoms with Crippen molar-refractivity contribution in [3.63, 3.8) is 0 Å². The fourth-order valence-corrected chi connectivity index (χ4v) is 5.23. The van der Waals surface area contributed by atoms with E-state index in [-0.39, 0.29) is 11.9 Å². The third-order valence-electron chi connectivity index (χ3n) is 7.00. The van der Waals surface area contributed by atoms with Crippen LogP contribution >= 0.6 is 0 Å². The number of benzene rings is 1. The Labute approximate surface area is 188 Å². The van der Waals surface area contributed by atoms with Crippen molar-refractivity contribution in [2.45, 2.75) is 64.6 Å². The summed E-state index contributed by atoms with van der Waals surface area (Å²) in [7, 11) is 1.92. The predicted molar refractivity (Wildman–Crippen MR) is 123 cm³/mol. The van der Waals surface area contributed by atoms with Gasteiger partial charge in [0.25, 0.3) is 5.91 Å². The van der Waals surface area contributed by atoms with Crippen molar-refractivity contribution >= 4 is 5.91 Å². The number of aromatic nitrogens is 3. The Morgan fingerprint density at radius 3 is 2.62 bits per heavy atom. The number of aliphatic hydroxyl groups excluding tert-OH is 1. The van der Waals surface area contributed by atoms with E-state index >= 15 is 0 Å². The molecule has 0 spiro atoms. The molecule has 6 nitrogen and oxygen atoms in total. The zero-order valence-electron chi connectivity index (χ0n) is 19.0. The molecule has 1 saturated carbocycles. The number of aryl methyl sites for hydroxylation is 3. The predicted octanol–water partition coefficient (Wildman–Crippen LogP) is 3.95. The minimum Gasteiger partial charge on any atom is -0.391 e. The summed E-state index contributed by atoms with van der Waals surface area (Å²) in [5, 5.41) is 14.8. The molecule has 1 N–H and O–H groups in total. The Bertz CT molecular complexity index is 1170. The van der Waals surface area contributed by atoms with E-state index in [4.69, 9.17) is 0 Å². The van der Waals surface area contributed by atoms with E-state index in [9.17, 15) is 9.90 Å². The number of pyridine rings is 1. The van der Waals surface area contributed by atoms with Gasteiger partial charge in [-0.2, -0.15) is 5.10 Å². The lowest BCUT2D eigenvalue weighted by Crippen LogP contribution is -2.45. The molecule has 1 aliphatic carbocycles. The van der Waals surface area contributed by atoms with Crippen LogP contribution in [-0.4, -0.2) is 42.8 Å². The van der Waals surface area contributed by atoms with Gasteiger partial charge in [-0.3, -0.25) is 14.5 Å². The quantitative estimate of drug-likeness (QED) is 0.680. The molecule has 0 radical (unpaired) electrons. The normalized spacial score (nSPS) is 20.6. The van der Waals surface area contributed by atoms with Crippen molar-refractivity contribution in [1.29, 1.82) is 0 Å². The first-order chi connectivity index (χ1) is 15.4. The molecule has 0 bridgehead atoms. The summed E-state index contributed by atoms with van der Waals surface area (Å²) >= 11 is 0. The molecule has 3 aromatic rings. The summed E-state index contributed by atoms with van der Waals surface area (Å²) in [6, 6.07) is 8.30. The summed E-state index contributed by atoms with van der Waals surface area (Å²) < 4.78 is 1.81. The van der Waals surface area contributed by atoms with Gasteiger partial charge in [0.15, 0.2) is 0 Å². The van der Waals surface area contributed by atoms with Gasteiger partial charge < -0.3 is 10.0 Å². The van der Waals surface area contributed by atoms with Crippen molar-refractivity contribution in [3.8, 4) is 11.3 Å². The molecule has 1 aliphatic heterocycles. The Hall–Kier alpha value is -2.99. The summed E-state index contributed by atoms with van der Waals surface area (Å²) in [6.07, 6.45) is 8.03. The second kappa shape index (κ2) is 8.17. The number of aliphatic hydroxyl groups is 1. The fourth-order valence-electron chi connectivity index (χ4n) is 5.23. The number of nitrogens with zero attached hydrogens (tertiary/aromatic N) is 4. The van der Waals surface area contributed by atoms with Gasteiger partial charge in [0.05, 0.1) is 23.5 Å². The maximum atomic E-state index is 13.2. The summed E-state index contributed by atoms with van der Waals surface area (Å²) in [5.74, 6) is 0.0627. The molecule has 1 aromatic carbocycles. The van der Waals surface area contributed by atoms with Gasteiger partial charge in [0, 0.05) is 37.1 Å². The number of carbonyl (C=O) groups is 1. The molecule has 1 amide bonds. The van der Waals surface area contributed by atoms with Crippen LogP contribution < -0.4 is 0 Å². The van der Waals surface area contributed by atoms with E-state index in [0.29, 0.717) is 6.54 Å². The van der Waals surface area contributed by atoms with Gasteiger partial charge in [-0.15, -0.1) is 0 Å². The van der Waals surface area contributed by atoms with Crippen LogP contribution in [0.15, 0.2) is 36.7 Å². The van der Waals surface area contributed by atoms with Crippen molar-refractivity contribution in [1.82, 2.24) is 19.7 Å². The topological polar surface area (TPSA) is 71.2 Å². The van der Waals surface area contributed by atoms with E-state index in [0.717, 1.165) is 71.3 Å². The Balaban J connectivity index is 1.36. The van der Waals surface area contributed by atoms with E-state index in [1.165, 1.54) is 5.56 Å². The maximum Gasteiger partial charge on any atom is 0.254 e. The average Bonchev–Trinajstić information content (AvgIpc) is 3.27. The summed E-state index contributed by atoms with van der Waals surface area (Å²) in [5.41, 5.74) is 8.25. The highest BCUT2D eigenvalue weighted by Gasteiger charge is 2.37. The molecule has 166 valence electrons. The minimum atomic E-state index is -0.407. The number of hydrogen-bond acceptors (Lipinski definition) is 4. The van der Waals surface area contributed by atoms with Crippen LogP contribution in [0.2, 0.25) is 0 Å². The summed E-state index contributed by atoms with van der Waals surface area (Å²) in [6.45, 7) is 4.71. The lowest BCUT2D eigenvalue weighted by atomic mass is 9.91. The van der Waals surface area contributed by atoms with Crippen LogP contribution in [0, 0.1) is 13.8 Å². The van der Waals surface area contributed by atoms with Crippen molar-refractivity contribution in [3.05, 3.63) is 70.2 Å². The van der Waals surface area contributed by atoms with Gasteiger partial charge in [-0.1, -0.05) is 25.0 Å². The molecule has 2 aromatic heterocycles. The first-order valence-electron chi connectivity index (χ1n) is 11.5. The van der Waals surface area contributed by atoms with Gasteiger partial charge in [-0.25, -0.2) is 0 Å². The zero-order valence-corrected chi connectivity index (χ0v) is 19.0. The third kappa shape index (κ3) is 3.73. The van der Waals surface area contributed by atoms with Gasteiger partial charge in [-0.05, 0) is 67.5 Å². The number of hydrogen-bond donors (Lipinski definition) is 1. The smallest absolute Gasteiger partial charge is 0.254 e. The monoisotopic (exact) mass is 430 g/mol. The van der Waals surface area contributed by atoms with E-state index in [2.05, 4.69) is 35.2 Å². The Kier molecular flexibility index (Phi) is 5.33. The maximum absolute atomic E-state index is 13.2. The molecular formula is C26H30N4O2. The van der Waals surface area contributed by atoms with Crippen LogP contribution in [0.5, 0.6) is 0 Å². The standard InChI is InChI=1S/C26H30N4O2/c1-16-10-20-14-30(24-6-4-5-7-25(24)31)26(32)21(20)12-19(16)11-18-8-9-23(27-13-18)22-15-29(3)28-17(22)2/h8-10,12-13,15,24-25,31H,4-7,11,14H2,1-3H3. The first-order valence-corrected chi connectivity index (χ1v) is 11.5. The largest absolute Gasteiger partial charge is 0.391 e. The van der Waals surface area contributed by atoms with Gasteiger partial charge in [0.1, 0.15) is 0 Å². The Morgan fingerprint density at radius 1 is 1.12 bits per heavy atom. The summed E-state index contributed by atoms with van der Waals surface area (Å²) in [4.78, 5) is 19.7. The number of fused-ring (bicyclic) bond motifs is 1. The second-order valence-corrected chi connectivity index (χ2v) is 9.32. The van der Waals surface area contributed by atoms with Crippen molar-refractivity contribution in [2.75, 3.05) is 0 Å². The van der Waals surface area contributed by atoms with Crippen LogP contribution in [0.25, 0.3) is 11.3 Å². The second-order valence-electron chi connectivity index (χ2n) is 9.32. The highest BCUT2D eigenvalue weighted by molar-refractivity contribution is 5.99. The highest BCUT2D eigenvalue weighted by atomic mass is 16.3. The third-order valence-corrected chi connectivity index (χ3v) is 7.00. The van der Waals surface area contributed by atoms with Crippen LogP contribution in [0.1, 0.15) is 64.0 Å². The molecule has 5 rings (SSSR count). The molecule has 3 heterocycles. The van der Waals surface area contributed by atoms with E-state index in [1.807, 2.05) is 37.3 Å². The van der Waals surface area contributed by atoms with E-state index in [1.54, 1.807) is 4.68 Å². The van der Waals surface area contributed by atoms with Crippen molar-refractivity contribution in [2.24, 2.45) is 7.05 Å². The molecular weight excluding hydrogens is 400 g/mol.